The number of ether oxygens (including phenoxy) is 2. The average Bonchev–Trinajstić information content (AvgIpc) is 2.82. The lowest BCUT2D eigenvalue weighted by molar-refractivity contribution is 0.415. The van der Waals surface area contributed by atoms with Crippen molar-refractivity contribution in [3.05, 3.63) is 53.9 Å². The summed E-state index contributed by atoms with van der Waals surface area (Å²) in [4.78, 5) is 0. The highest BCUT2D eigenvalue weighted by atomic mass is 32.1. The van der Waals surface area contributed by atoms with Crippen LogP contribution in [0.1, 0.15) is 0 Å². The monoisotopic (exact) mass is 256 g/mol. The minimum Gasteiger partial charge on any atom is -0.497 e. The van der Waals surface area contributed by atoms with Gasteiger partial charge in [0.15, 0.2) is 0 Å². The van der Waals surface area contributed by atoms with Crippen molar-refractivity contribution in [3.63, 3.8) is 0 Å². The van der Waals surface area contributed by atoms with E-state index in [0.717, 1.165) is 22.6 Å². The van der Waals surface area contributed by atoms with Crippen LogP contribution in [0.5, 0.6) is 17.2 Å². The molecule has 0 N–H and O–H groups in total. The summed E-state index contributed by atoms with van der Waals surface area (Å²) in [5, 5.41) is 3.11. The molecule has 2 nitrogen and oxygen atoms in total. The molecule has 0 spiro atoms. The van der Waals surface area contributed by atoms with Gasteiger partial charge < -0.3 is 9.47 Å². The molecule has 0 amide bonds. The minimum atomic E-state index is 0.846. The molecule has 0 bridgehead atoms. The maximum atomic E-state index is 5.89. The lowest BCUT2D eigenvalue weighted by Gasteiger charge is -2.04. The maximum Gasteiger partial charge on any atom is 0.146 e. The maximum absolute atomic E-state index is 5.89. The molecule has 2 aromatic carbocycles. The molecule has 3 rings (SSSR count). The lowest BCUT2D eigenvalue weighted by atomic mass is 10.2. The molecule has 0 aliphatic carbocycles. The Bertz CT molecular complexity index is 659. The van der Waals surface area contributed by atoms with E-state index in [9.17, 15) is 0 Å². The molecule has 90 valence electrons. The Labute approximate surface area is 109 Å². The first-order valence-electron chi connectivity index (χ1n) is 5.65. The van der Waals surface area contributed by atoms with E-state index in [1.165, 1.54) is 4.70 Å². The number of hydrogen-bond acceptors (Lipinski definition) is 3. The van der Waals surface area contributed by atoms with Gasteiger partial charge >= 0.3 is 0 Å². The van der Waals surface area contributed by atoms with E-state index in [2.05, 4.69) is 6.07 Å². The summed E-state index contributed by atoms with van der Waals surface area (Å²) in [6.07, 6.45) is 0. The molecule has 1 aromatic heterocycles. The van der Waals surface area contributed by atoms with Gasteiger partial charge in [-0.25, -0.2) is 0 Å². The molecule has 0 saturated carbocycles. The van der Waals surface area contributed by atoms with Gasteiger partial charge in [-0.3, -0.25) is 0 Å². The van der Waals surface area contributed by atoms with E-state index < -0.39 is 0 Å². The van der Waals surface area contributed by atoms with Crippen molar-refractivity contribution in [2.24, 2.45) is 0 Å². The van der Waals surface area contributed by atoms with E-state index in [1.807, 2.05) is 47.8 Å². The van der Waals surface area contributed by atoms with Crippen molar-refractivity contribution >= 4 is 21.4 Å². The van der Waals surface area contributed by atoms with Crippen molar-refractivity contribution in [1.29, 1.82) is 0 Å². The molecule has 0 saturated heterocycles. The van der Waals surface area contributed by atoms with E-state index in [4.69, 9.17) is 9.47 Å². The van der Waals surface area contributed by atoms with Gasteiger partial charge in [0.25, 0.3) is 0 Å². The minimum absolute atomic E-state index is 0.846. The van der Waals surface area contributed by atoms with Crippen LogP contribution < -0.4 is 9.47 Å². The Morgan fingerprint density at radius 2 is 1.78 bits per heavy atom. The van der Waals surface area contributed by atoms with Gasteiger partial charge in [0.2, 0.25) is 0 Å². The third-order valence-corrected chi connectivity index (χ3v) is 3.66. The number of benzene rings is 2. The molecule has 0 aliphatic heterocycles. The van der Waals surface area contributed by atoms with Gasteiger partial charge in [0, 0.05) is 15.5 Å². The second kappa shape index (κ2) is 4.70. The number of methoxy groups -OCH3 is 1. The summed E-state index contributed by atoms with van der Waals surface area (Å²) in [6.45, 7) is 0. The predicted molar refractivity (Wildman–Crippen MR) is 74.9 cm³/mol. The van der Waals surface area contributed by atoms with Gasteiger partial charge in [0.1, 0.15) is 17.2 Å². The van der Waals surface area contributed by atoms with Crippen LogP contribution in [-0.4, -0.2) is 7.11 Å². The third-order valence-electron chi connectivity index (χ3n) is 2.72. The Morgan fingerprint density at radius 3 is 2.56 bits per heavy atom. The van der Waals surface area contributed by atoms with E-state index in [0.29, 0.717) is 0 Å². The molecule has 18 heavy (non-hydrogen) atoms. The summed E-state index contributed by atoms with van der Waals surface area (Å²) in [7, 11) is 1.67. The third kappa shape index (κ3) is 2.05. The molecule has 0 unspecified atom stereocenters. The SMILES string of the molecule is COc1ccc2scc(Oc3ccccc3)c2c1. The van der Waals surface area contributed by atoms with E-state index in [1.54, 1.807) is 18.4 Å². The summed E-state index contributed by atoms with van der Waals surface area (Å²) < 4.78 is 12.3. The highest BCUT2D eigenvalue weighted by Crippen LogP contribution is 2.37. The molecule has 0 aliphatic rings. The quantitative estimate of drug-likeness (QED) is 0.676. The summed E-state index contributed by atoms with van der Waals surface area (Å²) >= 11 is 1.67. The Hall–Kier alpha value is -2.00. The standard InChI is InChI=1S/C15H12O2S/c1-16-12-7-8-15-13(9-12)14(10-18-15)17-11-5-3-2-4-6-11/h2-10H,1H3. The second-order valence-electron chi connectivity index (χ2n) is 3.88. The van der Waals surface area contributed by atoms with Crippen LogP contribution in [0.2, 0.25) is 0 Å². The predicted octanol–water partition coefficient (Wildman–Crippen LogP) is 4.70. The summed E-state index contributed by atoms with van der Waals surface area (Å²) in [5.74, 6) is 2.57. The van der Waals surface area contributed by atoms with Crippen LogP contribution in [0.25, 0.3) is 10.1 Å². The van der Waals surface area contributed by atoms with Crippen molar-refractivity contribution in [3.8, 4) is 17.2 Å². The van der Waals surface area contributed by atoms with Gasteiger partial charge in [-0.05, 0) is 30.3 Å². The molecule has 0 fully saturated rings. The fourth-order valence-corrected chi connectivity index (χ4v) is 2.65. The van der Waals surface area contributed by atoms with Crippen molar-refractivity contribution in [2.45, 2.75) is 0 Å². The smallest absolute Gasteiger partial charge is 0.146 e. The Kier molecular flexibility index (Phi) is 2.90. The molecule has 0 radical (unpaired) electrons. The van der Waals surface area contributed by atoms with Gasteiger partial charge in [-0.15, -0.1) is 11.3 Å². The zero-order valence-electron chi connectivity index (χ0n) is 9.92. The fraction of sp³-hybridized carbons (Fsp3) is 0.0667. The van der Waals surface area contributed by atoms with Crippen LogP contribution in [0.15, 0.2) is 53.9 Å². The summed E-state index contributed by atoms with van der Waals surface area (Å²) in [5.41, 5.74) is 0. The van der Waals surface area contributed by atoms with Crippen molar-refractivity contribution in [1.82, 2.24) is 0 Å². The largest absolute Gasteiger partial charge is 0.497 e. The first-order chi connectivity index (χ1) is 8.86. The first kappa shape index (κ1) is 11.1. The van der Waals surface area contributed by atoms with E-state index >= 15 is 0 Å². The molecule has 3 heteroatoms. The first-order valence-corrected chi connectivity index (χ1v) is 6.53. The molecule has 3 aromatic rings. The lowest BCUT2D eigenvalue weighted by Crippen LogP contribution is -1.83. The Balaban J connectivity index is 2.01. The number of rotatable bonds is 3. The van der Waals surface area contributed by atoms with Crippen LogP contribution in [-0.2, 0) is 0 Å². The molecular formula is C15H12O2S. The average molecular weight is 256 g/mol. The molecule has 1 heterocycles. The van der Waals surface area contributed by atoms with Crippen molar-refractivity contribution in [2.75, 3.05) is 7.11 Å². The zero-order chi connectivity index (χ0) is 12.4. The molecule has 0 atom stereocenters. The zero-order valence-corrected chi connectivity index (χ0v) is 10.7. The number of fused-ring (bicyclic) bond motifs is 1. The van der Waals surface area contributed by atoms with Gasteiger partial charge in [0.05, 0.1) is 7.11 Å². The Morgan fingerprint density at radius 1 is 0.944 bits per heavy atom. The molecular weight excluding hydrogens is 244 g/mol. The van der Waals surface area contributed by atoms with Crippen LogP contribution in [0.4, 0.5) is 0 Å². The highest BCUT2D eigenvalue weighted by molar-refractivity contribution is 7.17. The van der Waals surface area contributed by atoms with Crippen molar-refractivity contribution < 1.29 is 9.47 Å². The topological polar surface area (TPSA) is 18.5 Å². The fourth-order valence-electron chi connectivity index (χ4n) is 1.81. The summed E-state index contributed by atoms with van der Waals surface area (Å²) in [6, 6.07) is 15.8. The number of hydrogen-bond donors (Lipinski definition) is 0. The number of para-hydroxylation sites is 1. The van der Waals surface area contributed by atoms with Gasteiger partial charge in [-0.2, -0.15) is 0 Å². The van der Waals surface area contributed by atoms with Crippen LogP contribution >= 0.6 is 11.3 Å². The highest BCUT2D eigenvalue weighted by Gasteiger charge is 2.07. The van der Waals surface area contributed by atoms with E-state index in [-0.39, 0.29) is 0 Å². The second-order valence-corrected chi connectivity index (χ2v) is 4.79. The van der Waals surface area contributed by atoms with Gasteiger partial charge in [-0.1, -0.05) is 18.2 Å². The normalized spacial score (nSPS) is 10.5. The number of thiophene rings is 1. The van der Waals surface area contributed by atoms with Crippen LogP contribution in [0, 0.1) is 0 Å². The van der Waals surface area contributed by atoms with Crippen LogP contribution in [0.3, 0.4) is 0 Å².